The van der Waals surface area contributed by atoms with Gasteiger partial charge in [0, 0.05) is 39.6 Å². The van der Waals surface area contributed by atoms with E-state index in [0.29, 0.717) is 25.3 Å². The highest BCUT2D eigenvalue weighted by molar-refractivity contribution is 7.93. The average molecular weight is 347 g/mol. The van der Waals surface area contributed by atoms with Crippen LogP contribution in [-0.4, -0.2) is 44.8 Å². The van der Waals surface area contributed by atoms with Crippen LogP contribution in [-0.2, 0) is 16.6 Å². The number of nitrogens with zero attached hydrogens (tertiary/aromatic N) is 4. The normalized spacial score (nSPS) is 16.2. The van der Waals surface area contributed by atoms with Crippen LogP contribution in [0.25, 0.3) is 0 Å². The second-order valence-corrected chi connectivity index (χ2v) is 7.90. The molecule has 128 valence electrons. The lowest BCUT2D eigenvalue weighted by molar-refractivity contribution is 0.599. The Labute approximate surface area is 142 Å². The summed E-state index contributed by atoms with van der Waals surface area (Å²) in [6, 6.07) is 7.57. The predicted molar refractivity (Wildman–Crippen MR) is 95.9 cm³/mol. The van der Waals surface area contributed by atoms with E-state index >= 15 is 0 Å². The molecule has 0 aliphatic carbocycles. The maximum atomic E-state index is 12.0. The maximum Gasteiger partial charge on any atom is 0.235 e. The summed E-state index contributed by atoms with van der Waals surface area (Å²) in [6.07, 6.45) is 3.99. The Balaban J connectivity index is 1.69. The fraction of sp³-hybridized carbons (Fsp3) is 0.375. The molecule has 1 saturated heterocycles. The number of aromatic nitrogens is 2. The summed E-state index contributed by atoms with van der Waals surface area (Å²) in [6.45, 7) is 1.15. The Morgan fingerprint density at radius 2 is 1.88 bits per heavy atom. The van der Waals surface area contributed by atoms with E-state index in [2.05, 4.69) is 15.3 Å². The van der Waals surface area contributed by atoms with Crippen molar-refractivity contribution >= 4 is 27.3 Å². The van der Waals surface area contributed by atoms with E-state index in [0.717, 1.165) is 17.1 Å². The molecule has 0 saturated carbocycles. The van der Waals surface area contributed by atoms with Gasteiger partial charge in [-0.05, 0) is 24.1 Å². The first-order chi connectivity index (χ1) is 11.5. The summed E-state index contributed by atoms with van der Waals surface area (Å²) in [7, 11) is 0.705. The molecule has 2 aromatic rings. The van der Waals surface area contributed by atoms with Gasteiger partial charge in [-0.3, -0.25) is 4.31 Å². The Morgan fingerprint density at radius 3 is 2.50 bits per heavy atom. The van der Waals surface area contributed by atoms with Crippen LogP contribution in [0.2, 0.25) is 0 Å². The van der Waals surface area contributed by atoms with Crippen molar-refractivity contribution in [3.8, 4) is 0 Å². The lowest BCUT2D eigenvalue weighted by atomic mass is 10.2. The third kappa shape index (κ3) is 3.43. The Kier molecular flexibility index (Phi) is 4.57. The van der Waals surface area contributed by atoms with Crippen LogP contribution < -0.4 is 14.5 Å². The summed E-state index contributed by atoms with van der Waals surface area (Å²) in [5.74, 6) is 1.72. The molecule has 0 bridgehead atoms. The second-order valence-electron chi connectivity index (χ2n) is 5.88. The highest BCUT2D eigenvalue weighted by Gasteiger charge is 2.28. The summed E-state index contributed by atoms with van der Waals surface area (Å²) >= 11 is 0. The minimum Gasteiger partial charge on any atom is -0.363 e. The van der Waals surface area contributed by atoms with Crippen LogP contribution in [0.4, 0.5) is 17.3 Å². The molecule has 1 aliphatic heterocycles. The van der Waals surface area contributed by atoms with Crippen LogP contribution in [0.3, 0.4) is 0 Å². The van der Waals surface area contributed by atoms with Crippen LogP contribution in [0.1, 0.15) is 12.0 Å². The van der Waals surface area contributed by atoms with Crippen molar-refractivity contribution in [1.29, 1.82) is 0 Å². The first-order valence-electron chi connectivity index (χ1n) is 7.79. The molecule has 1 fully saturated rings. The monoisotopic (exact) mass is 347 g/mol. The largest absolute Gasteiger partial charge is 0.363 e. The number of nitrogens with one attached hydrogen (secondary N) is 1. The topological polar surface area (TPSA) is 78.4 Å². The van der Waals surface area contributed by atoms with E-state index in [-0.39, 0.29) is 5.75 Å². The zero-order chi connectivity index (χ0) is 17.2. The van der Waals surface area contributed by atoms with Gasteiger partial charge in [0.2, 0.25) is 10.0 Å². The van der Waals surface area contributed by atoms with E-state index in [4.69, 9.17) is 0 Å². The summed E-state index contributed by atoms with van der Waals surface area (Å²) < 4.78 is 25.4. The highest BCUT2D eigenvalue weighted by atomic mass is 32.2. The van der Waals surface area contributed by atoms with Crippen molar-refractivity contribution in [2.75, 3.05) is 40.9 Å². The van der Waals surface area contributed by atoms with Crippen LogP contribution >= 0.6 is 0 Å². The van der Waals surface area contributed by atoms with Crippen LogP contribution in [0, 0.1) is 0 Å². The van der Waals surface area contributed by atoms with Crippen molar-refractivity contribution in [3.63, 3.8) is 0 Å². The molecule has 7 nitrogen and oxygen atoms in total. The lowest BCUT2D eigenvalue weighted by Gasteiger charge is -2.18. The fourth-order valence-electron chi connectivity index (χ4n) is 2.68. The Morgan fingerprint density at radius 1 is 1.17 bits per heavy atom. The minimum absolute atomic E-state index is 0.232. The molecule has 1 N–H and O–H groups in total. The summed E-state index contributed by atoms with van der Waals surface area (Å²) in [5, 5.41) is 3.27. The van der Waals surface area contributed by atoms with E-state index in [1.54, 1.807) is 12.4 Å². The molecule has 8 heteroatoms. The molecule has 0 unspecified atom stereocenters. The first-order valence-corrected chi connectivity index (χ1v) is 9.40. The third-order valence-corrected chi connectivity index (χ3v) is 5.76. The SMILES string of the molecule is CN(C)c1nccnc1NCc1ccc(N2CCCS2(=O)=O)cc1. The first kappa shape index (κ1) is 16.5. The Hall–Kier alpha value is -2.35. The van der Waals surface area contributed by atoms with Crippen molar-refractivity contribution < 1.29 is 8.42 Å². The van der Waals surface area contributed by atoms with Crippen molar-refractivity contribution in [3.05, 3.63) is 42.2 Å². The fourth-order valence-corrected chi connectivity index (χ4v) is 4.24. The van der Waals surface area contributed by atoms with Gasteiger partial charge in [-0.25, -0.2) is 18.4 Å². The molecular weight excluding hydrogens is 326 g/mol. The number of rotatable bonds is 5. The average Bonchev–Trinajstić information content (AvgIpc) is 2.93. The van der Waals surface area contributed by atoms with Gasteiger partial charge in [0.15, 0.2) is 11.6 Å². The zero-order valence-electron chi connectivity index (χ0n) is 13.8. The molecule has 1 aliphatic rings. The predicted octanol–water partition coefficient (Wildman–Crippen LogP) is 1.69. The molecule has 0 amide bonds. The molecule has 3 rings (SSSR count). The molecule has 0 spiro atoms. The van der Waals surface area contributed by atoms with Gasteiger partial charge in [0.05, 0.1) is 11.4 Å². The standard InChI is InChI=1S/C16H21N5O2S/c1-20(2)16-15(17-8-9-18-16)19-12-13-4-6-14(7-5-13)21-10-3-11-24(21,22)23/h4-9H,3,10-12H2,1-2H3,(H,17,19). The number of sulfonamides is 1. The second kappa shape index (κ2) is 6.64. The number of anilines is 3. The van der Waals surface area contributed by atoms with Crippen molar-refractivity contribution in [2.24, 2.45) is 0 Å². The molecule has 0 atom stereocenters. The molecule has 0 radical (unpaired) electrons. The Bertz CT molecular complexity index is 805. The van der Waals surface area contributed by atoms with E-state index in [1.807, 2.05) is 43.3 Å². The van der Waals surface area contributed by atoms with E-state index in [9.17, 15) is 8.42 Å². The van der Waals surface area contributed by atoms with Gasteiger partial charge < -0.3 is 10.2 Å². The van der Waals surface area contributed by atoms with Gasteiger partial charge in [-0.2, -0.15) is 0 Å². The van der Waals surface area contributed by atoms with Gasteiger partial charge in [0.25, 0.3) is 0 Å². The van der Waals surface area contributed by atoms with Crippen molar-refractivity contribution in [2.45, 2.75) is 13.0 Å². The van der Waals surface area contributed by atoms with Gasteiger partial charge in [-0.1, -0.05) is 12.1 Å². The minimum atomic E-state index is -3.13. The van der Waals surface area contributed by atoms with Crippen LogP contribution in [0.15, 0.2) is 36.7 Å². The van der Waals surface area contributed by atoms with Gasteiger partial charge in [0.1, 0.15) is 0 Å². The molecule has 24 heavy (non-hydrogen) atoms. The van der Waals surface area contributed by atoms with Crippen LogP contribution in [0.5, 0.6) is 0 Å². The van der Waals surface area contributed by atoms with Gasteiger partial charge in [-0.15, -0.1) is 0 Å². The van der Waals surface area contributed by atoms with Gasteiger partial charge >= 0.3 is 0 Å². The number of hydrogen-bond acceptors (Lipinski definition) is 6. The molecule has 1 aromatic heterocycles. The maximum absolute atomic E-state index is 12.0. The molecular formula is C16H21N5O2S. The van der Waals surface area contributed by atoms with E-state index < -0.39 is 10.0 Å². The third-order valence-electron chi connectivity index (χ3n) is 3.89. The molecule has 2 heterocycles. The zero-order valence-corrected chi connectivity index (χ0v) is 14.6. The number of benzene rings is 1. The summed E-state index contributed by atoms with van der Waals surface area (Å²) in [5.41, 5.74) is 1.77. The van der Waals surface area contributed by atoms with Crippen molar-refractivity contribution in [1.82, 2.24) is 9.97 Å². The number of hydrogen-bond donors (Lipinski definition) is 1. The highest BCUT2D eigenvalue weighted by Crippen LogP contribution is 2.24. The smallest absolute Gasteiger partial charge is 0.235 e. The van der Waals surface area contributed by atoms with E-state index in [1.165, 1.54) is 4.31 Å². The quantitative estimate of drug-likeness (QED) is 0.887. The summed E-state index contributed by atoms with van der Waals surface area (Å²) in [4.78, 5) is 10.5. The lowest BCUT2D eigenvalue weighted by Crippen LogP contribution is -2.24. The molecule has 1 aromatic carbocycles.